The molecule has 0 fully saturated rings. The van der Waals surface area contributed by atoms with E-state index in [9.17, 15) is 19.7 Å². The predicted octanol–water partition coefficient (Wildman–Crippen LogP) is 2.15. The fourth-order valence-electron chi connectivity index (χ4n) is 1.80. The second-order valence-electron chi connectivity index (χ2n) is 4.61. The predicted molar refractivity (Wildman–Crippen MR) is 77.6 cm³/mol. The topological polar surface area (TPSA) is 105 Å². The number of aryl methyl sites for hydroxylation is 2. The maximum atomic E-state index is 12.0. The van der Waals surface area contributed by atoms with E-state index in [-0.39, 0.29) is 22.5 Å². The van der Waals surface area contributed by atoms with E-state index in [4.69, 9.17) is 0 Å². The lowest BCUT2D eigenvalue weighted by atomic mass is 10.1. The Morgan fingerprint density at radius 2 is 1.90 bits per heavy atom. The Morgan fingerprint density at radius 3 is 2.48 bits per heavy atom. The van der Waals surface area contributed by atoms with Crippen molar-refractivity contribution in [3.63, 3.8) is 0 Å². The van der Waals surface area contributed by atoms with E-state index in [0.29, 0.717) is 0 Å². The molecule has 108 valence electrons. The molecule has 0 aliphatic rings. The standard InChI is InChI=1S/C14H13N3O4/c1-8-5-11(12(17(20)21)6-9(8)2)16-14(19)10-3-4-13(18)15-7-10/h3-7H,1-2H3,(H,15,18)(H,16,19). The second kappa shape index (κ2) is 5.58. The number of nitrogens with zero attached hydrogens (tertiary/aromatic N) is 1. The van der Waals surface area contributed by atoms with Gasteiger partial charge in [0.25, 0.3) is 11.6 Å². The van der Waals surface area contributed by atoms with Gasteiger partial charge in [-0.05, 0) is 37.1 Å². The van der Waals surface area contributed by atoms with Gasteiger partial charge in [-0.15, -0.1) is 0 Å². The number of nitro benzene ring substituents is 1. The molecule has 21 heavy (non-hydrogen) atoms. The van der Waals surface area contributed by atoms with Gasteiger partial charge in [-0.1, -0.05) is 0 Å². The minimum atomic E-state index is -0.547. The molecule has 1 aromatic heterocycles. The van der Waals surface area contributed by atoms with Crippen molar-refractivity contribution < 1.29 is 9.72 Å². The van der Waals surface area contributed by atoms with Gasteiger partial charge in [0.05, 0.1) is 10.5 Å². The molecule has 0 unspecified atom stereocenters. The Kier molecular flexibility index (Phi) is 3.84. The molecule has 0 atom stereocenters. The van der Waals surface area contributed by atoms with Crippen LogP contribution in [-0.2, 0) is 0 Å². The number of H-pyrrole nitrogens is 1. The fourth-order valence-corrected chi connectivity index (χ4v) is 1.80. The quantitative estimate of drug-likeness (QED) is 0.666. The highest BCUT2D eigenvalue weighted by Gasteiger charge is 2.18. The lowest BCUT2D eigenvalue weighted by Crippen LogP contribution is -2.15. The molecule has 7 heteroatoms. The molecule has 1 aromatic carbocycles. The van der Waals surface area contributed by atoms with Gasteiger partial charge in [0, 0.05) is 18.3 Å². The first-order valence-electron chi connectivity index (χ1n) is 6.14. The molecule has 0 aliphatic heterocycles. The van der Waals surface area contributed by atoms with Crippen LogP contribution in [0, 0.1) is 24.0 Å². The number of amides is 1. The summed E-state index contributed by atoms with van der Waals surface area (Å²) >= 11 is 0. The first kappa shape index (κ1) is 14.4. The van der Waals surface area contributed by atoms with Crippen LogP contribution in [0.4, 0.5) is 11.4 Å². The molecule has 0 saturated heterocycles. The van der Waals surface area contributed by atoms with Gasteiger partial charge in [0.15, 0.2) is 0 Å². The van der Waals surface area contributed by atoms with E-state index >= 15 is 0 Å². The molecular weight excluding hydrogens is 274 g/mol. The molecule has 7 nitrogen and oxygen atoms in total. The third kappa shape index (κ3) is 3.14. The van der Waals surface area contributed by atoms with E-state index in [1.54, 1.807) is 19.9 Å². The zero-order chi connectivity index (χ0) is 15.6. The van der Waals surface area contributed by atoms with E-state index in [1.165, 1.54) is 24.4 Å². The number of aromatic nitrogens is 1. The number of pyridine rings is 1. The molecule has 0 spiro atoms. The minimum absolute atomic E-state index is 0.124. The average Bonchev–Trinajstić information content (AvgIpc) is 2.43. The van der Waals surface area contributed by atoms with Crippen LogP contribution in [0.15, 0.2) is 35.3 Å². The zero-order valence-electron chi connectivity index (χ0n) is 11.5. The molecule has 0 radical (unpaired) electrons. The number of nitro groups is 1. The summed E-state index contributed by atoms with van der Waals surface area (Å²) in [6.45, 7) is 3.56. The summed E-state index contributed by atoms with van der Waals surface area (Å²) in [6, 6.07) is 5.53. The highest BCUT2D eigenvalue weighted by Crippen LogP contribution is 2.28. The number of benzene rings is 1. The normalized spacial score (nSPS) is 10.2. The van der Waals surface area contributed by atoms with Gasteiger partial charge in [-0.25, -0.2) is 0 Å². The number of anilines is 1. The second-order valence-corrected chi connectivity index (χ2v) is 4.61. The van der Waals surface area contributed by atoms with Crippen molar-refractivity contribution in [2.45, 2.75) is 13.8 Å². The van der Waals surface area contributed by atoms with Gasteiger partial charge >= 0.3 is 0 Å². The summed E-state index contributed by atoms with van der Waals surface area (Å²) in [5.41, 5.74) is 1.43. The van der Waals surface area contributed by atoms with Crippen LogP contribution in [0.2, 0.25) is 0 Å². The van der Waals surface area contributed by atoms with Gasteiger partial charge in [0.2, 0.25) is 5.56 Å². The van der Waals surface area contributed by atoms with E-state index in [2.05, 4.69) is 10.3 Å². The lowest BCUT2D eigenvalue weighted by Gasteiger charge is -2.08. The Bertz CT molecular complexity index is 760. The fraction of sp³-hybridized carbons (Fsp3) is 0.143. The van der Waals surface area contributed by atoms with Crippen molar-refractivity contribution in [2.24, 2.45) is 0 Å². The van der Waals surface area contributed by atoms with Gasteiger partial charge in [-0.3, -0.25) is 19.7 Å². The number of nitrogens with one attached hydrogen (secondary N) is 2. The number of hydrogen-bond donors (Lipinski definition) is 2. The van der Waals surface area contributed by atoms with E-state index in [0.717, 1.165) is 11.1 Å². The van der Waals surface area contributed by atoms with Crippen molar-refractivity contribution in [2.75, 3.05) is 5.32 Å². The van der Waals surface area contributed by atoms with Crippen molar-refractivity contribution in [1.82, 2.24) is 4.98 Å². The van der Waals surface area contributed by atoms with Crippen molar-refractivity contribution in [3.8, 4) is 0 Å². The van der Waals surface area contributed by atoms with Gasteiger partial charge < -0.3 is 10.3 Å². The third-order valence-corrected chi connectivity index (χ3v) is 3.10. The highest BCUT2D eigenvalue weighted by molar-refractivity contribution is 6.05. The summed E-state index contributed by atoms with van der Waals surface area (Å²) in [6.07, 6.45) is 1.25. The van der Waals surface area contributed by atoms with Crippen LogP contribution in [-0.4, -0.2) is 15.8 Å². The van der Waals surface area contributed by atoms with Crippen molar-refractivity contribution in [3.05, 3.63) is 67.6 Å². The maximum Gasteiger partial charge on any atom is 0.293 e. The largest absolute Gasteiger partial charge is 0.328 e. The molecule has 2 rings (SSSR count). The first-order valence-corrected chi connectivity index (χ1v) is 6.14. The molecular formula is C14H13N3O4. The summed E-state index contributed by atoms with van der Waals surface area (Å²) in [5.74, 6) is -0.530. The molecule has 0 bridgehead atoms. The summed E-state index contributed by atoms with van der Waals surface area (Å²) in [4.78, 5) is 35.9. The Labute approximate surface area is 119 Å². The summed E-state index contributed by atoms with van der Waals surface area (Å²) in [7, 11) is 0. The van der Waals surface area contributed by atoms with Crippen LogP contribution in [0.25, 0.3) is 0 Å². The monoisotopic (exact) mass is 287 g/mol. The number of carbonyl (C=O) groups is 1. The molecule has 0 saturated carbocycles. The number of carbonyl (C=O) groups excluding carboxylic acids is 1. The average molecular weight is 287 g/mol. The van der Waals surface area contributed by atoms with Crippen LogP contribution in [0.3, 0.4) is 0 Å². The molecule has 2 N–H and O–H groups in total. The van der Waals surface area contributed by atoms with E-state index < -0.39 is 10.8 Å². The van der Waals surface area contributed by atoms with Crippen LogP contribution in [0.1, 0.15) is 21.5 Å². The third-order valence-electron chi connectivity index (χ3n) is 3.10. The highest BCUT2D eigenvalue weighted by atomic mass is 16.6. The summed E-state index contributed by atoms with van der Waals surface area (Å²) < 4.78 is 0. The Morgan fingerprint density at radius 1 is 1.24 bits per heavy atom. The Hall–Kier alpha value is -2.96. The smallest absolute Gasteiger partial charge is 0.293 e. The van der Waals surface area contributed by atoms with Gasteiger partial charge in [-0.2, -0.15) is 0 Å². The van der Waals surface area contributed by atoms with Crippen molar-refractivity contribution in [1.29, 1.82) is 0 Å². The molecule has 1 heterocycles. The number of hydrogen-bond acceptors (Lipinski definition) is 4. The Balaban J connectivity index is 2.36. The molecule has 2 aromatic rings. The van der Waals surface area contributed by atoms with Crippen LogP contribution in [0.5, 0.6) is 0 Å². The SMILES string of the molecule is Cc1cc(NC(=O)c2ccc(=O)[nH]c2)c([N+](=O)[O-])cc1C. The number of rotatable bonds is 3. The van der Waals surface area contributed by atoms with Crippen LogP contribution >= 0.6 is 0 Å². The molecule has 1 amide bonds. The number of aromatic amines is 1. The zero-order valence-corrected chi connectivity index (χ0v) is 11.5. The summed E-state index contributed by atoms with van der Waals surface area (Å²) in [5, 5.41) is 13.5. The van der Waals surface area contributed by atoms with Crippen molar-refractivity contribution >= 4 is 17.3 Å². The van der Waals surface area contributed by atoms with Gasteiger partial charge in [0.1, 0.15) is 5.69 Å². The lowest BCUT2D eigenvalue weighted by molar-refractivity contribution is -0.384. The molecule has 0 aliphatic carbocycles. The first-order chi connectivity index (χ1) is 9.88. The van der Waals surface area contributed by atoms with Crippen LogP contribution < -0.4 is 10.9 Å². The minimum Gasteiger partial charge on any atom is -0.328 e. The van der Waals surface area contributed by atoms with E-state index in [1.807, 2.05) is 0 Å². The maximum absolute atomic E-state index is 12.0.